The molecule has 4 atom stereocenters. The minimum Gasteiger partial charge on any atom is -0.481 e. The standard InChI is InChI=1S/C32H34Cl2N2O5S/c1-32(19-29(37)38)18-27(23-7-6-8-25(34)17-23)30(22-13-15-24(33)16-14-22)36(31(32)39)28(21-11-12-21)20-35(42(2,40)41)26-9-4-3-5-10-26/h3-10,13-17,21,27-28,30H,11-12,18-20H2,1-2H3,(H,37,38)/t27-,28?,30-,32-/m1/s1. The highest BCUT2D eigenvalue weighted by Gasteiger charge is 2.55. The van der Waals surface area contributed by atoms with Crippen LogP contribution in [0.3, 0.4) is 0 Å². The maximum absolute atomic E-state index is 14.7. The smallest absolute Gasteiger partial charge is 0.304 e. The molecule has 0 radical (unpaired) electrons. The van der Waals surface area contributed by atoms with Gasteiger partial charge in [0.25, 0.3) is 0 Å². The van der Waals surface area contributed by atoms with Gasteiger partial charge >= 0.3 is 5.97 Å². The number of rotatable bonds is 10. The fourth-order valence-corrected chi connectivity index (χ4v) is 7.64. The summed E-state index contributed by atoms with van der Waals surface area (Å²) in [6.45, 7) is 1.76. The molecule has 1 amide bonds. The average Bonchev–Trinajstić information content (AvgIpc) is 3.76. The first-order valence-electron chi connectivity index (χ1n) is 14.0. The van der Waals surface area contributed by atoms with Crippen LogP contribution in [0.5, 0.6) is 0 Å². The Labute approximate surface area is 257 Å². The SMILES string of the molecule is C[C@]1(CC(=O)O)C[C@H](c2cccc(Cl)c2)[C@@H](c2ccc(Cl)cc2)N(C(CN(c2ccccc2)S(C)(=O)=O)C2CC2)C1=O. The van der Waals surface area contributed by atoms with Gasteiger partial charge in [0.2, 0.25) is 15.9 Å². The van der Waals surface area contributed by atoms with Crippen LogP contribution in [0.2, 0.25) is 10.0 Å². The van der Waals surface area contributed by atoms with Crippen LogP contribution in [0.1, 0.15) is 55.7 Å². The Morgan fingerprint density at radius 3 is 2.24 bits per heavy atom. The van der Waals surface area contributed by atoms with Crippen molar-refractivity contribution in [3.05, 3.63) is 100 Å². The Morgan fingerprint density at radius 1 is 1.00 bits per heavy atom. The molecule has 1 N–H and O–H groups in total. The second-order valence-corrected chi connectivity index (χ2v) is 14.5. The molecule has 42 heavy (non-hydrogen) atoms. The van der Waals surface area contributed by atoms with Crippen molar-refractivity contribution in [1.29, 1.82) is 0 Å². The number of aliphatic carboxylic acids is 1. The van der Waals surface area contributed by atoms with Crippen LogP contribution < -0.4 is 4.31 Å². The number of likely N-dealkylation sites (tertiary alicyclic amines) is 1. The molecule has 0 bridgehead atoms. The zero-order valence-corrected chi connectivity index (χ0v) is 25.8. The summed E-state index contributed by atoms with van der Waals surface area (Å²) < 4.78 is 27.7. The number of sulfonamides is 1. The number of carboxylic acids is 1. The number of piperidine rings is 1. The van der Waals surface area contributed by atoms with Gasteiger partial charge in [0.15, 0.2) is 0 Å². The Bertz CT molecular complexity index is 1560. The number of nitrogens with zero attached hydrogens (tertiary/aromatic N) is 2. The summed E-state index contributed by atoms with van der Waals surface area (Å²) in [5.41, 5.74) is 1.01. The summed E-state index contributed by atoms with van der Waals surface area (Å²) in [5.74, 6) is -1.60. The maximum atomic E-state index is 14.7. The third kappa shape index (κ3) is 6.46. The van der Waals surface area contributed by atoms with Crippen molar-refractivity contribution in [3.8, 4) is 0 Å². The number of para-hydroxylation sites is 1. The van der Waals surface area contributed by atoms with Gasteiger partial charge in [-0.15, -0.1) is 0 Å². The minimum atomic E-state index is -3.72. The molecule has 222 valence electrons. The van der Waals surface area contributed by atoms with Crippen LogP contribution in [-0.2, 0) is 19.6 Å². The van der Waals surface area contributed by atoms with Crippen molar-refractivity contribution in [3.63, 3.8) is 0 Å². The number of benzene rings is 3. The van der Waals surface area contributed by atoms with E-state index in [0.29, 0.717) is 15.7 Å². The molecule has 1 unspecified atom stereocenters. The van der Waals surface area contributed by atoms with E-state index in [9.17, 15) is 23.1 Å². The van der Waals surface area contributed by atoms with E-state index in [1.165, 1.54) is 10.6 Å². The predicted molar refractivity (Wildman–Crippen MR) is 165 cm³/mol. The molecule has 0 aromatic heterocycles. The highest BCUT2D eigenvalue weighted by atomic mass is 35.5. The summed E-state index contributed by atoms with van der Waals surface area (Å²) in [6.07, 6.45) is 2.78. The minimum absolute atomic E-state index is 0.0504. The van der Waals surface area contributed by atoms with Crippen LogP contribution in [-0.4, -0.2) is 49.1 Å². The first-order chi connectivity index (χ1) is 19.9. The molecule has 1 saturated carbocycles. The molecule has 1 heterocycles. The number of hydrogen-bond acceptors (Lipinski definition) is 4. The molecule has 5 rings (SSSR count). The molecular weight excluding hydrogens is 595 g/mol. The lowest BCUT2D eigenvalue weighted by Crippen LogP contribution is -2.59. The lowest BCUT2D eigenvalue weighted by molar-refractivity contribution is -0.160. The van der Waals surface area contributed by atoms with Crippen LogP contribution in [0.4, 0.5) is 5.69 Å². The van der Waals surface area contributed by atoms with Gasteiger partial charge in [0.1, 0.15) is 0 Å². The van der Waals surface area contributed by atoms with E-state index in [1.807, 2.05) is 36.4 Å². The van der Waals surface area contributed by atoms with Crippen molar-refractivity contribution < 1.29 is 23.1 Å². The number of halogens is 2. The molecule has 7 nitrogen and oxygen atoms in total. The van der Waals surface area contributed by atoms with Crippen LogP contribution >= 0.6 is 23.2 Å². The number of carboxylic acid groups (broad SMARTS) is 1. The Balaban J connectivity index is 1.70. The van der Waals surface area contributed by atoms with E-state index in [-0.39, 0.29) is 37.1 Å². The Kier molecular flexibility index (Phi) is 8.61. The van der Waals surface area contributed by atoms with Gasteiger partial charge < -0.3 is 10.0 Å². The fourth-order valence-electron chi connectivity index (χ4n) is 6.39. The van der Waals surface area contributed by atoms with Crippen molar-refractivity contribution in [1.82, 2.24) is 4.90 Å². The molecular formula is C32H34Cl2N2O5S. The number of carbonyl (C=O) groups is 2. The number of amides is 1. The average molecular weight is 630 g/mol. The zero-order chi connectivity index (χ0) is 30.2. The topological polar surface area (TPSA) is 95.0 Å². The zero-order valence-electron chi connectivity index (χ0n) is 23.5. The van der Waals surface area contributed by atoms with E-state index in [0.717, 1.165) is 24.0 Å². The second-order valence-electron chi connectivity index (χ2n) is 11.7. The molecule has 0 spiro atoms. The molecule has 1 aliphatic heterocycles. The summed E-state index contributed by atoms with van der Waals surface area (Å²) in [7, 11) is -3.72. The van der Waals surface area contributed by atoms with E-state index >= 15 is 0 Å². The van der Waals surface area contributed by atoms with E-state index < -0.39 is 33.5 Å². The van der Waals surface area contributed by atoms with E-state index in [1.54, 1.807) is 54.3 Å². The monoisotopic (exact) mass is 628 g/mol. The Hall–Kier alpha value is -3.07. The summed E-state index contributed by atoms with van der Waals surface area (Å²) >= 11 is 12.7. The molecule has 1 saturated heterocycles. The second kappa shape index (κ2) is 11.9. The van der Waals surface area contributed by atoms with Crippen LogP contribution in [0.25, 0.3) is 0 Å². The van der Waals surface area contributed by atoms with Crippen LogP contribution in [0, 0.1) is 11.3 Å². The maximum Gasteiger partial charge on any atom is 0.304 e. The van der Waals surface area contributed by atoms with Gasteiger partial charge in [-0.25, -0.2) is 8.42 Å². The Morgan fingerprint density at radius 2 is 1.67 bits per heavy atom. The number of anilines is 1. The van der Waals surface area contributed by atoms with Crippen LogP contribution in [0.15, 0.2) is 78.9 Å². The number of carbonyl (C=O) groups excluding carboxylic acids is 1. The summed E-state index contributed by atoms with van der Waals surface area (Å²) in [5, 5.41) is 11.0. The van der Waals surface area contributed by atoms with Gasteiger partial charge in [-0.1, -0.05) is 72.6 Å². The highest BCUT2D eigenvalue weighted by molar-refractivity contribution is 7.92. The normalized spacial score (nSPS) is 23.4. The van der Waals surface area contributed by atoms with Gasteiger partial charge in [-0.3, -0.25) is 13.9 Å². The highest BCUT2D eigenvalue weighted by Crippen LogP contribution is 2.54. The molecule has 2 aliphatic rings. The fraction of sp³-hybridized carbons (Fsp3) is 0.375. The first kappa shape index (κ1) is 30.4. The van der Waals surface area contributed by atoms with Crippen molar-refractivity contribution in [2.24, 2.45) is 11.3 Å². The van der Waals surface area contributed by atoms with Gasteiger partial charge in [-0.2, -0.15) is 0 Å². The molecule has 3 aromatic rings. The lowest BCUT2D eigenvalue weighted by atomic mass is 9.67. The molecule has 10 heteroatoms. The van der Waals surface area contributed by atoms with Gasteiger partial charge in [0, 0.05) is 16.0 Å². The lowest BCUT2D eigenvalue weighted by Gasteiger charge is -2.52. The molecule has 3 aromatic carbocycles. The summed E-state index contributed by atoms with van der Waals surface area (Å²) in [6, 6.07) is 22.6. The van der Waals surface area contributed by atoms with Crippen molar-refractivity contribution in [2.75, 3.05) is 17.1 Å². The predicted octanol–water partition coefficient (Wildman–Crippen LogP) is 6.78. The van der Waals surface area contributed by atoms with Crippen molar-refractivity contribution in [2.45, 2.75) is 50.6 Å². The third-order valence-electron chi connectivity index (χ3n) is 8.45. The quantitative estimate of drug-likeness (QED) is 0.267. The van der Waals surface area contributed by atoms with Gasteiger partial charge in [-0.05, 0) is 72.7 Å². The molecule has 1 aliphatic carbocycles. The summed E-state index contributed by atoms with van der Waals surface area (Å²) in [4.78, 5) is 28.6. The molecule has 2 fully saturated rings. The van der Waals surface area contributed by atoms with Crippen molar-refractivity contribution >= 4 is 50.8 Å². The third-order valence-corrected chi connectivity index (χ3v) is 10.1. The first-order valence-corrected chi connectivity index (χ1v) is 16.6. The largest absolute Gasteiger partial charge is 0.481 e. The number of hydrogen-bond donors (Lipinski definition) is 1. The van der Waals surface area contributed by atoms with Gasteiger partial charge in [0.05, 0.1) is 42.4 Å². The van der Waals surface area contributed by atoms with E-state index in [4.69, 9.17) is 23.2 Å². The van der Waals surface area contributed by atoms with E-state index in [2.05, 4.69) is 0 Å².